The lowest BCUT2D eigenvalue weighted by atomic mass is 9.64. The van der Waals surface area contributed by atoms with Crippen LogP contribution in [-0.2, 0) is 5.41 Å². The molecular formula is C54H33N3O. The fourth-order valence-electron chi connectivity index (χ4n) is 9.56. The second-order valence-corrected chi connectivity index (χ2v) is 15.0. The first-order valence-electron chi connectivity index (χ1n) is 19.7. The molecule has 0 N–H and O–H groups in total. The molecule has 1 aromatic heterocycles. The number of hydrogen-bond donors (Lipinski definition) is 0. The molecule has 1 spiro atoms. The summed E-state index contributed by atoms with van der Waals surface area (Å²) in [5.41, 5.74) is 11.7. The van der Waals surface area contributed by atoms with Gasteiger partial charge in [-0.15, -0.1) is 0 Å². The molecular weight excluding hydrogens is 707 g/mol. The van der Waals surface area contributed by atoms with Crippen LogP contribution in [0.1, 0.15) is 22.3 Å². The Morgan fingerprint density at radius 3 is 1.47 bits per heavy atom. The molecule has 270 valence electrons. The van der Waals surface area contributed by atoms with Crippen LogP contribution >= 0.6 is 0 Å². The Hall–Kier alpha value is -7.69. The van der Waals surface area contributed by atoms with Crippen LogP contribution in [0.5, 0.6) is 11.5 Å². The monoisotopic (exact) mass is 739 g/mol. The van der Waals surface area contributed by atoms with E-state index in [1.807, 2.05) is 60.7 Å². The van der Waals surface area contributed by atoms with Crippen molar-refractivity contribution in [1.29, 1.82) is 0 Å². The molecule has 1 aliphatic heterocycles. The molecule has 4 nitrogen and oxygen atoms in total. The van der Waals surface area contributed by atoms with Crippen LogP contribution in [-0.4, -0.2) is 15.0 Å². The molecule has 9 aromatic carbocycles. The van der Waals surface area contributed by atoms with Gasteiger partial charge in [0.15, 0.2) is 17.5 Å². The molecule has 4 heteroatoms. The summed E-state index contributed by atoms with van der Waals surface area (Å²) in [6, 6.07) is 70.8. The van der Waals surface area contributed by atoms with Crippen molar-refractivity contribution in [2.24, 2.45) is 0 Å². The van der Waals surface area contributed by atoms with E-state index in [2.05, 4.69) is 140 Å². The van der Waals surface area contributed by atoms with Gasteiger partial charge in [-0.1, -0.05) is 194 Å². The van der Waals surface area contributed by atoms with E-state index in [1.54, 1.807) is 0 Å². The Bertz CT molecular complexity index is 3190. The molecule has 1 atom stereocenters. The predicted molar refractivity (Wildman–Crippen MR) is 234 cm³/mol. The Morgan fingerprint density at radius 2 is 0.793 bits per heavy atom. The number of rotatable bonds is 4. The van der Waals surface area contributed by atoms with Crippen LogP contribution in [0.15, 0.2) is 200 Å². The van der Waals surface area contributed by atoms with Crippen molar-refractivity contribution in [1.82, 2.24) is 15.0 Å². The van der Waals surface area contributed by atoms with Gasteiger partial charge in [0.05, 0.1) is 5.41 Å². The number of hydrogen-bond acceptors (Lipinski definition) is 4. The Labute approximate surface area is 335 Å². The topological polar surface area (TPSA) is 47.9 Å². The fraction of sp³-hybridized carbons (Fsp3) is 0.0185. The van der Waals surface area contributed by atoms with E-state index < -0.39 is 5.41 Å². The van der Waals surface area contributed by atoms with E-state index in [4.69, 9.17) is 19.7 Å². The summed E-state index contributed by atoms with van der Waals surface area (Å²) < 4.78 is 7.09. The number of fused-ring (bicyclic) bond motifs is 14. The van der Waals surface area contributed by atoms with Gasteiger partial charge in [-0.2, -0.15) is 0 Å². The van der Waals surface area contributed by atoms with Crippen molar-refractivity contribution < 1.29 is 4.74 Å². The number of para-hydroxylation sites is 2. The molecule has 2 aliphatic rings. The van der Waals surface area contributed by atoms with Gasteiger partial charge in [0.1, 0.15) is 11.5 Å². The normalized spacial score (nSPS) is 14.8. The maximum absolute atomic E-state index is 7.09. The van der Waals surface area contributed by atoms with Crippen molar-refractivity contribution in [3.63, 3.8) is 0 Å². The van der Waals surface area contributed by atoms with Crippen LogP contribution in [0, 0.1) is 0 Å². The molecule has 58 heavy (non-hydrogen) atoms. The average molecular weight is 740 g/mol. The lowest BCUT2D eigenvalue weighted by Crippen LogP contribution is -2.32. The highest BCUT2D eigenvalue weighted by Gasteiger charge is 2.52. The summed E-state index contributed by atoms with van der Waals surface area (Å²) in [5, 5.41) is 5.04. The summed E-state index contributed by atoms with van der Waals surface area (Å²) in [5.74, 6) is 3.63. The molecule has 0 amide bonds. The van der Waals surface area contributed by atoms with Crippen LogP contribution in [0.2, 0.25) is 0 Å². The third-order valence-corrected chi connectivity index (χ3v) is 12.0. The zero-order valence-corrected chi connectivity index (χ0v) is 31.3. The van der Waals surface area contributed by atoms with Crippen molar-refractivity contribution >= 4 is 21.5 Å². The van der Waals surface area contributed by atoms with E-state index in [0.717, 1.165) is 50.4 Å². The minimum Gasteiger partial charge on any atom is -0.456 e. The van der Waals surface area contributed by atoms with E-state index in [9.17, 15) is 0 Å². The van der Waals surface area contributed by atoms with Crippen LogP contribution in [0.3, 0.4) is 0 Å². The first-order valence-corrected chi connectivity index (χ1v) is 19.7. The predicted octanol–water partition coefficient (Wildman–Crippen LogP) is 13.3. The molecule has 2 heterocycles. The number of aromatic nitrogens is 3. The minimum absolute atomic E-state index is 0.622. The van der Waals surface area contributed by atoms with Gasteiger partial charge in [0.25, 0.3) is 0 Å². The summed E-state index contributed by atoms with van der Waals surface area (Å²) in [7, 11) is 0. The SMILES string of the molecule is c1ccc(-c2nc(-c3ccccc3)nc(-c3ccc(-c4cccc5c4Oc4ccccc4C54c5ccccc5-c5c4c4ccccc4c4ccccc54)cc3)n2)cc1. The van der Waals surface area contributed by atoms with Crippen molar-refractivity contribution in [3.8, 4) is 67.9 Å². The second-order valence-electron chi connectivity index (χ2n) is 15.0. The number of benzene rings is 9. The highest BCUT2D eigenvalue weighted by atomic mass is 16.5. The van der Waals surface area contributed by atoms with Crippen molar-refractivity contribution in [3.05, 3.63) is 222 Å². The van der Waals surface area contributed by atoms with Crippen LogP contribution in [0.4, 0.5) is 0 Å². The quantitative estimate of drug-likeness (QED) is 0.169. The van der Waals surface area contributed by atoms with Crippen molar-refractivity contribution in [2.45, 2.75) is 5.41 Å². The smallest absolute Gasteiger partial charge is 0.164 e. The molecule has 1 aliphatic carbocycles. The van der Waals surface area contributed by atoms with Gasteiger partial charge in [-0.05, 0) is 55.4 Å². The third-order valence-electron chi connectivity index (χ3n) is 12.0. The Kier molecular flexibility index (Phi) is 7.11. The molecule has 0 radical (unpaired) electrons. The van der Waals surface area contributed by atoms with E-state index in [1.165, 1.54) is 43.8 Å². The van der Waals surface area contributed by atoms with Gasteiger partial charge < -0.3 is 4.74 Å². The van der Waals surface area contributed by atoms with Gasteiger partial charge in [0.2, 0.25) is 0 Å². The van der Waals surface area contributed by atoms with Gasteiger partial charge >= 0.3 is 0 Å². The molecule has 10 aromatic rings. The Balaban J connectivity index is 1.07. The van der Waals surface area contributed by atoms with Gasteiger partial charge in [-0.3, -0.25) is 0 Å². The fourth-order valence-corrected chi connectivity index (χ4v) is 9.56. The molecule has 0 fully saturated rings. The number of ether oxygens (including phenoxy) is 1. The molecule has 0 saturated carbocycles. The van der Waals surface area contributed by atoms with E-state index >= 15 is 0 Å². The molecule has 0 bridgehead atoms. The highest BCUT2D eigenvalue weighted by molar-refractivity contribution is 6.19. The standard InChI is InChI=1S/C54H33N3O/c1-3-16-35(17-4-1)51-55-52(36-18-5-2-6-19-36)57-53(56-51)37-32-30-34(31-33-37)38-25-15-28-46-50(38)58-47-29-14-13-27-45(47)54(46)44-26-12-11-24-43(44)48-41-22-9-7-20-39(41)40-21-8-10-23-42(40)49(48)54/h1-33H. The summed E-state index contributed by atoms with van der Waals surface area (Å²) in [6.45, 7) is 0. The minimum atomic E-state index is -0.623. The average Bonchev–Trinajstić information content (AvgIpc) is 3.61. The van der Waals surface area contributed by atoms with Crippen LogP contribution < -0.4 is 4.74 Å². The van der Waals surface area contributed by atoms with Gasteiger partial charge in [-0.25, -0.2) is 15.0 Å². The maximum atomic E-state index is 7.09. The first kappa shape index (κ1) is 32.5. The largest absolute Gasteiger partial charge is 0.456 e. The zero-order chi connectivity index (χ0) is 38.2. The number of nitrogens with zero attached hydrogens (tertiary/aromatic N) is 3. The zero-order valence-electron chi connectivity index (χ0n) is 31.3. The van der Waals surface area contributed by atoms with E-state index in [-0.39, 0.29) is 0 Å². The Morgan fingerprint density at radius 1 is 0.328 bits per heavy atom. The van der Waals surface area contributed by atoms with E-state index in [0.29, 0.717) is 17.5 Å². The third kappa shape index (κ3) is 4.66. The van der Waals surface area contributed by atoms with Gasteiger partial charge in [0, 0.05) is 33.4 Å². The summed E-state index contributed by atoms with van der Waals surface area (Å²) in [6.07, 6.45) is 0. The molecule has 1 unspecified atom stereocenters. The lowest BCUT2D eigenvalue weighted by molar-refractivity contribution is 0.438. The summed E-state index contributed by atoms with van der Waals surface area (Å²) >= 11 is 0. The molecule has 0 saturated heterocycles. The second kappa shape index (κ2) is 12.7. The van der Waals surface area contributed by atoms with Crippen molar-refractivity contribution in [2.75, 3.05) is 0 Å². The lowest BCUT2D eigenvalue weighted by Gasteiger charge is -2.40. The first-order chi connectivity index (χ1) is 28.8. The molecule has 12 rings (SSSR count). The summed E-state index contributed by atoms with van der Waals surface area (Å²) in [4.78, 5) is 14.9. The van der Waals surface area contributed by atoms with Crippen LogP contribution in [0.25, 0.3) is 78.0 Å². The maximum Gasteiger partial charge on any atom is 0.164 e. The highest BCUT2D eigenvalue weighted by Crippen LogP contribution is 2.65.